The smallest absolute Gasteiger partial charge is 0.0332 e. The van der Waals surface area contributed by atoms with Crippen LogP contribution in [0.5, 0.6) is 0 Å². The Morgan fingerprint density at radius 2 is 1.81 bits per heavy atom. The molecule has 1 aromatic rings. The minimum Gasteiger partial charge on any atom is -0.310 e. The molecule has 1 rings (SSSR count). The zero-order valence-electron chi connectivity index (χ0n) is 13.0. The molecular weight excluding hydrogens is 324 g/mol. The highest BCUT2D eigenvalue weighted by molar-refractivity contribution is 9.10. The van der Waals surface area contributed by atoms with Crippen molar-refractivity contribution in [3.8, 4) is 0 Å². The van der Waals surface area contributed by atoms with Crippen LogP contribution in [0.3, 0.4) is 0 Å². The van der Waals surface area contributed by atoms with E-state index in [1.165, 1.54) is 5.56 Å². The molecule has 3 heteroatoms. The van der Waals surface area contributed by atoms with Crippen molar-refractivity contribution in [1.29, 1.82) is 0 Å². The van der Waals surface area contributed by atoms with Crippen LogP contribution in [0.2, 0.25) is 0 Å². The Bertz CT molecular complexity index is 404. The van der Waals surface area contributed by atoms with Gasteiger partial charge in [-0.1, -0.05) is 47.1 Å². The van der Waals surface area contributed by atoms with Crippen LogP contribution in [0, 0.1) is 0 Å². The standard InChI is InChI=1S/C18H27BrN2/c1-4-12-20-18(16-7-9-17(19)10-8-16)11-15-21(13-5-2)14-6-3/h5-10,18,20H,2-4,11-15H2,1H3. The maximum Gasteiger partial charge on any atom is 0.0332 e. The molecule has 0 spiro atoms. The molecule has 1 N–H and O–H groups in total. The first-order valence-corrected chi connectivity index (χ1v) is 8.43. The molecule has 0 aliphatic rings. The quantitative estimate of drug-likeness (QED) is 0.588. The number of nitrogens with zero attached hydrogens (tertiary/aromatic N) is 1. The van der Waals surface area contributed by atoms with E-state index in [0.717, 1.165) is 43.5 Å². The summed E-state index contributed by atoms with van der Waals surface area (Å²) in [6, 6.07) is 9.02. The highest BCUT2D eigenvalue weighted by Crippen LogP contribution is 2.20. The number of rotatable bonds is 11. The summed E-state index contributed by atoms with van der Waals surface area (Å²) in [6.07, 6.45) is 6.15. The Labute approximate surface area is 138 Å². The van der Waals surface area contributed by atoms with Gasteiger partial charge in [-0.15, -0.1) is 13.2 Å². The van der Waals surface area contributed by atoms with Gasteiger partial charge in [0.05, 0.1) is 0 Å². The topological polar surface area (TPSA) is 15.3 Å². The summed E-state index contributed by atoms with van der Waals surface area (Å²) in [7, 11) is 0. The van der Waals surface area contributed by atoms with E-state index in [1.807, 2.05) is 12.2 Å². The Balaban J connectivity index is 2.66. The van der Waals surface area contributed by atoms with Crippen molar-refractivity contribution in [2.45, 2.75) is 25.8 Å². The Kier molecular flexibility index (Phi) is 9.31. The molecular formula is C18H27BrN2. The summed E-state index contributed by atoms with van der Waals surface area (Å²) in [5, 5.41) is 3.65. The van der Waals surface area contributed by atoms with Crippen molar-refractivity contribution < 1.29 is 0 Å². The normalized spacial score (nSPS) is 12.3. The third-order valence-electron chi connectivity index (χ3n) is 3.42. The fourth-order valence-electron chi connectivity index (χ4n) is 2.33. The zero-order chi connectivity index (χ0) is 15.5. The lowest BCUT2D eigenvalue weighted by atomic mass is 10.0. The molecule has 0 saturated heterocycles. The summed E-state index contributed by atoms with van der Waals surface area (Å²) in [5.41, 5.74) is 1.35. The molecule has 0 heterocycles. The Morgan fingerprint density at radius 3 is 2.33 bits per heavy atom. The van der Waals surface area contributed by atoms with Crippen molar-refractivity contribution in [3.63, 3.8) is 0 Å². The lowest BCUT2D eigenvalue weighted by Gasteiger charge is -2.24. The molecule has 0 aliphatic heterocycles. The maximum absolute atomic E-state index is 3.83. The van der Waals surface area contributed by atoms with Crippen LogP contribution in [0.15, 0.2) is 54.0 Å². The molecule has 0 saturated carbocycles. The van der Waals surface area contributed by atoms with Crippen LogP contribution >= 0.6 is 15.9 Å². The predicted octanol–water partition coefficient (Wildman–Crippen LogP) is 4.55. The molecule has 0 radical (unpaired) electrons. The maximum atomic E-state index is 3.83. The van der Waals surface area contributed by atoms with Gasteiger partial charge in [-0.3, -0.25) is 4.90 Å². The predicted molar refractivity (Wildman–Crippen MR) is 96.6 cm³/mol. The van der Waals surface area contributed by atoms with Gasteiger partial charge in [0.1, 0.15) is 0 Å². The highest BCUT2D eigenvalue weighted by Gasteiger charge is 2.12. The van der Waals surface area contributed by atoms with Crippen molar-refractivity contribution in [3.05, 3.63) is 59.6 Å². The van der Waals surface area contributed by atoms with Gasteiger partial charge in [-0.05, 0) is 37.1 Å². The molecule has 0 amide bonds. The SMILES string of the molecule is C=CCN(CC=C)CCC(NCCC)c1ccc(Br)cc1. The van der Waals surface area contributed by atoms with Gasteiger partial charge >= 0.3 is 0 Å². The fourth-order valence-corrected chi connectivity index (χ4v) is 2.60. The fraction of sp³-hybridized carbons (Fsp3) is 0.444. The van der Waals surface area contributed by atoms with Crippen LogP contribution in [0.4, 0.5) is 0 Å². The largest absolute Gasteiger partial charge is 0.310 e. The van der Waals surface area contributed by atoms with Crippen LogP contribution < -0.4 is 5.32 Å². The van der Waals surface area contributed by atoms with Crippen LogP contribution in [-0.4, -0.2) is 31.1 Å². The minimum atomic E-state index is 0.398. The summed E-state index contributed by atoms with van der Waals surface area (Å²) in [6.45, 7) is 13.8. The van der Waals surface area contributed by atoms with Crippen LogP contribution in [0.25, 0.3) is 0 Å². The van der Waals surface area contributed by atoms with E-state index in [9.17, 15) is 0 Å². The molecule has 0 fully saturated rings. The van der Waals surface area contributed by atoms with E-state index in [4.69, 9.17) is 0 Å². The van der Waals surface area contributed by atoms with E-state index in [-0.39, 0.29) is 0 Å². The van der Waals surface area contributed by atoms with E-state index in [1.54, 1.807) is 0 Å². The van der Waals surface area contributed by atoms with Crippen molar-refractivity contribution >= 4 is 15.9 Å². The number of halogens is 1. The molecule has 21 heavy (non-hydrogen) atoms. The summed E-state index contributed by atoms with van der Waals surface area (Å²) >= 11 is 3.50. The summed E-state index contributed by atoms with van der Waals surface area (Å²) < 4.78 is 1.13. The number of nitrogens with one attached hydrogen (secondary N) is 1. The van der Waals surface area contributed by atoms with Gasteiger partial charge in [0.15, 0.2) is 0 Å². The second kappa shape index (κ2) is 10.8. The second-order valence-electron chi connectivity index (χ2n) is 5.18. The van der Waals surface area contributed by atoms with Crippen LogP contribution in [0.1, 0.15) is 31.4 Å². The van der Waals surface area contributed by atoms with Crippen molar-refractivity contribution in [2.75, 3.05) is 26.2 Å². The van der Waals surface area contributed by atoms with Gasteiger partial charge in [-0.25, -0.2) is 0 Å². The first-order chi connectivity index (χ1) is 10.2. The molecule has 1 aromatic carbocycles. The molecule has 0 aromatic heterocycles. The number of hydrogen-bond acceptors (Lipinski definition) is 2. The average Bonchev–Trinajstić information content (AvgIpc) is 2.49. The molecule has 116 valence electrons. The van der Waals surface area contributed by atoms with E-state index < -0.39 is 0 Å². The molecule has 1 unspecified atom stereocenters. The van der Waals surface area contributed by atoms with Crippen molar-refractivity contribution in [1.82, 2.24) is 10.2 Å². The Hall–Kier alpha value is -0.900. The monoisotopic (exact) mass is 350 g/mol. The zero-order valence-corrected chi connectivity index (χ0v) is 14.6. The third kappa shape index (κ3) is 7.07. The molecule has 0 aliphatic carbocycles. The van der Waals surface area contributed by atoms with Crippen LogP contribution in [-0.2, 0) is 0 Å². The molecule has 2 nitrogen and oxygen atoms in total. The molecule has 1 atom stereocenters. The first kappa shape index (κ1) is 18.1. The first-order valence-electron chi connectivity index (χ1n) is 7.64. The van der Waals surface area contributed by atoms with Gasteiger partial charge in [0, 0.05) is 30.1 Å². The van der Waals surface area contributed by atoms with Gasteiger partial charge in [0.2, 0.25) is 0 Å². The lowest BCUT2D eigenvalue weighted by molar-refractivity contribution is 0.307. The van der Waals surface area contributed by atoms with E-state index >= 15 is 0 Å². The van der Waals surface area contributed by atoms with E-state index in [2.05, 4.69) is 70.5 Å². The average molecular weight is 351 g/mol. The summed E-state index contributed by atoms with van der Waals surface area (Å²) in [5.74, 6) is 0. The van der Waals surface area contributed by atoms with Gasteiger partial charge in [0.25, 0.3) is 0 Å². The third-order valence-corrected chi connectivity index (χ3v) is 3.95. The minimum absolute atomic E-state index is 0.398. The van der Waals surface area contributed by atoms with Crippen molar-refractivity contribution in [2.24, 2.45) is 0 Å². The van der Waals surface area contributed by atoms with E-state index in [0.29, 0.717) is 6.04 Å². The molecule has 0 bridgehead atoms. The van der Waals surface area contributed by atoms with Gasteiger partial charge in [-0.2, -0.15) is 0 Å². The van der Waals surface area contributed by atoms with Gasteiger partial charge < -0.3 is 5.32 Å². The second-order valence-corrected chi connectivity index (χ2v) is 6.10. The Morgan fingerprint density at radius 1 is 1.19 bits per heavy atom. The number of hydrogen-bond donors (Lipinski definition) is 1. The highest BCUT2D eigenvalue weighted by atomic mass is 79.9. The lowest BCUT2D eigenvalue weighted by Crippen LogP contribution is -2.30. The summed E-state index contributed by atoms with van der Waals surface area (Å²) in [4.78, 5) is 2.36. The number of benzene rings is 1.